The van der Waals surface area contributed by atoms with Crippen LogP contribution in [0.15, 0.2) is 0 Å². The molecule has 0 aromatic carbocycles. The first-order valence-electron chi connectivity index (χ1n) is 9.84. The van der Waals surface area contributed by atoms with Gasteiger partial charge in [-0.15, -0.1) is 0 Å². The van der Waals surface area contributed by atoms with Gasteiger partial charge in [-0.3, -0.25) is 0 Å². The van der Waals surface area contributed by atoms with Crippen LogP contribution in [-0.4, -0.2) is 11.7 Å². The van der Waals surface area contributed by atoms with E-state index in [0.29, 0.717) is 12.5 Å². The molecular weight excluding hydrogens is 256 g/mol. The topological polar surface area (TPSA) is 20.2 Å². The van der Waals surface area contributed by atoms with E-state index in [4.69, 9.17) is 0 Å². The fraction of sp³-hybridized carbons (Fsp3) is 1.00. The first-order valence-corrected chi connectivity index (χ1v) is 9.84. The van der Waals surface area contributed by atoms with E-state index < -0.39 is 0 Å². The maximum atomic E-state index is 9.55. The van der Waals surface area contributed by atoms with Gasteiger partial charge in [0.25, 0.3) is 0 Å². The first kappa shape index (κ1) is 15.8. The lowest BCUT2D eigenvalue weighted by molar-refractivity contribution is 0.187. The van der Waals surface area contributed by atoms with E-state index >= 15 is 0 Å². The summed E-state index contributed by atoms with van der Waals surface area (Å²) in [5, 5.41) is 9.55. The van der Waals surface area contributed by atoms with Crippen LogP contribution in [0, 0.1) is 29.1 Å². The molecule has 3 aliphatic carbocycles. The zero-order chi connectivity index (χ0) is 14.7. The molecule has 3 rings (SSSR count). The minimum Gasteiger partial charge on any atom is -0.396 e. The smallest absolute Gasteiger partial charge is 0.0459 e. The van der Waals surface area contributed by atoms with Crippen molar-refractivity contribution in [2.24, 2.45) is 29.1 Å². The maximum absolute atomic E-state index is 9.55. The molecule has 0 amide bonds. The van der Waals surface area contributed by atoms with E-state index in [-0.39, 0.29) is 0 Å². The molecule has 0 heterocycles. The summed E-state index contributed by atoms with van der Waals surface area (Å²) in [7, 11) is 0. The van der Waals surface area contributed by atoms with Crippen LogP contribution in [0.1, 0.15) is 90.4 Å². The van der Waals surface area contributed by atoms with Gasteiger partial charge in [0.05, 0.1) is 0 Å². The minimum atomic E-state index is 0.426. The molecule has 1 nitrogen and oxygen atoms in total. The molecular formula is C20H36O. The molecule has 4 atom stereocenters. The van der Waals surface area contributed by atoms with Crippen LogP contribution in [0.25, 0.3) is 0 Å². The largest absolute Gasteiger partial charge is 0.396 e. The van der Waals surface area contributed by atoms with Gasteiger partial charge in [-0.05, 0) is 67.6 Å². The van der Waals surface area contributed by atoms with Gasteiger partial charge >= 0.3 is 0 Å². The van der Waals surface area contributed by atoms with E-state index in [0.717, 1.165) is 23.2 Å². The Hall–Kier alpha value is -0.0400. The molecule has 0 radical (unpaired) electrons. The van der Waals surface area contributed by atoms with Gasteiger partial charge in [0.15, 0.2) is 0 Å². The lowest BCUT2D eigenvalue weighted by Crippen LogP contribution is -2.20. The van der Waals surface area contributed by atoms with Crippen molar-refractivity contribution < 1.29 is 5.11 Å². The van der Waals surface area contributed by atoms with Gasteiger partial charge in [0.1, 0.15) is 0 Å². The summed E-state index contributed by atoms with van der Waals surface area (Å²) in [6.07, 6.45) is 18.7. The van der Waals surface area contributed by atoms with Crippen LogP contribution >= 0.6 is 0 Å². The number of aliphatic hydroxyl groups excluding tert-OH is 1. The van der Waals surface area contributed by atoms with Crippen molar-refractivity contribution in [3.05, 3.63) is 0 Å². The third-order valence-electron chi connectivity index (χ3n) is 7.04. The molecule has 1 heteroatoms. The Balaban J connectivity index is 1.60. The molecule has 21 heavy (non-hydrogen) atoms. The fourth-order valence-electron chi connectivity index (χ4n) is 5.78. The average molecular weight is 293 g/mol. The molecule has 1 N–H and O–H groups in total. The normalized spacial score (nSPS) is 40.9. The summed E-state index contributed by atoms with van der Waals surface area (Å²) >= 11 is 0. The maximum Gasteiger partial charge on any atom is 0.0459 e. The lowest BCUT2D eigenvalue weighted by atomic mass is 9.76. The van der Waals surface area contributed by atoms with E-state index in [2.05, 4.69) is 6.92 Å². The Morgan fingerprint density at radius 1 is 0.905 bits per heavy atom. The second-order valence-corrected chi connectivity index (χ2v) is 8.75. The van der Waals surface area contributed by atoms with Crippen LogP contribution in [-0.2, 0) is 0 Å². The monoisotopic (exact) mass is 292 g/mol. The highest BCUT2D eigenvalue weighted by molar-refractivity contribution is 5.05. The highest BCUT2D eigenvalue weighted by Gasteiger charge is 2.55. The predicted molar refractivity (Wildman–Crippen MR) is 89.2 cm³/mol. The Morgan fingerprint density at radius 3 is 2.29 bits per heavy atom. The number of hydrogen-bond acceptors (Lipinski definition) is 1. The van der Waals surface area contributed by atoms with Crippen LogP contribution in [0.3, 0.4) is 0 Å². The summed E-state index contributed by atoms with van der Waals surface area (Å²) in [5.41, 5.74) is 0.806. The quantitative estimate of drug-likeness (QED) is 0.706. The van der Waals surface area contributed by atoms with Crippen molar-refractivity contribution in [2.75, 3.05) is 6.61 Å². The van der Waals surface area contributed by atoms with E-state index in [1.807, 2.05) is 0 Å². The second kappa shape index (κ2) is 7.02. The Bertz CT molecular complexity index is 320. The summed E-state index contributed by atoms with van der Waals surface area (Å²) in [5.74, 6) is 3.65. The molecule has 0 aromatic rings. The third-order valence-corrected chi connectivity index (χ3v) is 7.04. The van der Waals surface area contributed by atoms with Crippen LogP contribution < -0.4 is 0 Å². The highest BCUT2D eigenvalue weighted by atomic mass is 16.3. The van der Waals surface area contributed by atoms with E-state index in [1.165, 1.54) is 83.5 Å². The summed E-state index contributed by atoms with van der Waals surface area (Å²) in [4.78, 5) is 0. The molecule has 4 unspecified atom stereocenters. The van der Waals surface area contributed by atoms with E-state index in [1.54, 1.807) is 0 Å². The fourth-order valence-corrected chi connectivity index (χ4v) is 5.78. The number of hydrogen-bond donors (Lipinski definition) is 1. The van der Waals surface area contributed by atoms with Crippen molar-refractivity contribution in [1.29, 1.82) is 0 Å². The Morgan fingerprint density at radius 2 is 1.57 bits per heavy atom. The van der Waals surface area contributed by atoms with Crippen LogP contribution in [0.2, 0.25) is 0 Å². The molecule has 0 aliphatic heterocycles. The zero-order valence-electron chi connectivity index (χ0n) is 14.2. The summed E-state index contributed by atoms with van der Waals surface area (Å²) in [6, 6.07) is 0. The van der Waals surface area contributed by atoms with Crippen molar-refractivity contribution in [1.82, 2.24) is 0 Å². The van der Waals surface area contributed by atoms with Crippen LogP contribution in [0.5, 0.6) is 0 Å². The molecule has 0 saturated heterocycles. The molecule has 0 aromatic heterocycles. The van der Waals surface area contributed by atoms with Crippen molar-refractivity contribution in [3.8, 4) is 0 Å². The van der Waals surface area contributed by atoms with Gasteiger partial charge in [0, 0.05) is 6.61 Å². The van der Waals surface area contributed by atoms with Crippen LogP contribution in [0.4, 0.5) is 0 Å². The third kappa shape index (κ3) is 3.84. The standard InChI is InChI=1S/C20H36O/c1-16-13-19(20(14-16)11-12-20)18-9-5-3-2-4-7-17(15-21)8-6-10-18/h16-19,21H,2-15H2,1H3. The van der Waals surface area contributed by atoms with Gasteiger partial charge in [-0.25, -0.2) is 0 Å². The molecule has 3 fully saturated rings. The molecule has 122 valence electrons. The average Bonchev–Trinajstić information content (AvgIpc) is 3.16. The Kier molecular flexibility index (Phi) is 5.30. The summed E-state index contributed by atoms with van der Waals surface area (Å²) < 4.78 is 0. The van der Waals surface area contributed by atoms with Crippen molar-refractivity contribution in [2.45, 2.75) is 90.4 Å². The van der Waals surface area contributed by atoms with Crippen molar-refractivity contribution in [3.63, 3.8) is 0 Å². The lowest BCUT2D eigenvalue weighted by Gasteiger charge is -2.29. The molecule has 0 bridgehead atoms. The van der Waals surface area contributed by atoms with Gasteiger partial charge in [-0.2, -0.15) is 0 Å². The number of aliphatic hydroxyl groups is 1. The second-order valence-electron chi connectivity index (χ2n) is 8.75. The highest BCUT2D eigenvalue weighted by Crippen LogP contribution is 2.65. The molecule has 1 spiro atoms. The SMILES string of the molecule is CC1CC(C2CCCCCCC(CO)CCC2)C2(CC2)C1. The van der Waals surface area contributed by atoms with Gasteiger partial charge in [0.2, 0.25) is 0 Å². The zero-order valence-corrected chi connectivity index (χ0v) is 14.2. The predicted octanol–water partition coefficient (Wildman–Crippen LogP) is 5.56. The Labute approximate surface area is 131 Å². The molecule has 3 saturated carbocycles. The summed E-state index contributed by atoms with van der Waals surface area (Å²) in [6.45, 7) is 2.92. The van der Waals surface area contributed by atoms with Gasteiger partial charge < -0.3 is 5.11 Å². The first-order chi connectivity index (χ1) is 10.2. The minimum absolute atomic E-state index is 0.426. The molecule has 3 aliphatic rings. The van der Waals surface area contributed by atoms with Crippen molar-refractivity contribution >= 4 is 0 Å². The van der Waals surface area contributed by atoms with E-state index in [9.17, 15) is 5.11 Å². The van der Waals surface area contributed by atoms with Gasteiger partial charge in [-0.1, -0.05) is 51.9 Å². The number of rotatable bonds is 2.